The molecule has 3 aromatic heterocycles. The Kier molecular flexibility index (Phi) is 5.11. The highest BCUT2D eigenvalue weighted by molar-refractivity contribution is 5.75. The monoisotopic (exact) mass is 354 g/mol. The molecule has 0 fully saturated rings. The predicted octanol–water partition coefficient (Wildman–Crippen LogP) is 1.42. The first-order chi connectivity index (χ1) is 12.5. The molecule has 3 heterocycles. The Morgan fingerprint density at radius 2 is 2.08 bits per heavy atom. The van der Waals surface area contributed by atoms with E-state index in [1.54, 1.807) is 19.2 Å². The van der Waals surface area contributed by atoms with Crippen molar-refractivity contribution in [2.75, 3.05) is 6.54 Å². The van der Waals surface area contributed by atoms with Crippen LogP contribution < -0.4 is 11.0 Å². The molecule has 8 nitrogen and oxygen atoms in total. The molecule has 3 rings (SSSR count). The lowest BCUT2D eigenvalue weighted by atomic mass is 10.1. The number of rotatable bonds is 6. The van der Waals surface area contributed by atoms with Gasteiger partial charge in [0.2, 0.25) is 5.91 Å². The van der Waals surface area contributed by atoms with Crippen molar-refractivity contribution < 1.29 is 4.79 Å². The van der Waals surface area contributed by atoms with E-state index < -0.39 is 0 Å². The fourth-order valence-electron chi connectivity index (χ4n) is 2.64. The van der Waals surface area contributed by atoms with Gasteiger partial charge in [0.25, 0.3) is 0 Å². The second-order valence-electron chi connectivity index (χ2n) is 6.57. The van der Waals surface area contributed by atoms with E-state index in [9.17, 15) is 9.59 Å². The lowest BCUT2D eigenvalue weighted by Gasteiger charge is -2.06. The summed E-state index contributed by atoms with van der Waals surface area (Å²) < 4.78 is 2.56. The van der Waals surface area contributed by atoms with Gasteiger partial charge in [-0.1, -0.05) is 19.9 Å². The molecule has 0 saturated heterocycles. The number of fused-ring (bicyclic) bond motifs is 1. The molecular weight excluding hydrogens is 332 g/mol. The molecule has 0 spiro atoms. The molecule has 0 saturated carbocycles. The fourth-order valence-corrected chi connectivity index (χ4v) is 2.64. The molecule has 8 heteroatoms. The number of carbonyl (C=O) groups excluding carboxylic acids is 1. The molecule has 0 aliphatic carbocycles. The van der Waals surface area contributed by atoms with Crippen LogP contribution in [0.2, 0.25) is 0 Å². The summed E-state index contributed by atoms with van der Waals surface area (Å²) in [6.07, 6.45) is 2.57. The van der Waals surface area contributed by atoms with Gasteiger partial charge in [-0.2, -0.15) is 0 Å². The number of aromatic nitrogens is 5. The highest BCUT2D eigenvalue weighted by Gasteiger charge is 2.14. The summed E-state index contributed by atoms with van der Waals surface area (Å²) in [5, 5.41) is 7.09. The zero-order valence-electron chi connectivity index (χ0n) is 15.1. The Hall–Kier alpha value is -3.03. The molecular formula is C18H22N6O2. The molecule has 0 bridgehead atoms. The standard InChI is InChI=1S/C18H22N6O2/c1-12(2)7-9-20-17(25)11-23-18(26)24-13(3)21-15(10-16(24)22-23)14-6-4-5-8-19-14/h4-6,8,10,12H,7,9,11H2,1-3H3,(H,20,25). The summed E-state index contributed by atoms with van der Waals surface area (Å²) in [6.45, 7) is 6.39. The maximum atomic E-state index is 12.5. The van der Waals surface area contributed by atoms with E-state index in [4.69, 9.17) is 0 Å². The van der Waals surface area contributed by atoms with Gasteiger partial charge in [-0.25, -0.2) is 18.9 Å². The van der Waals surface area contributed by atoms with Crippen LogP contribution in [0.4, 0.5) is 0 Å². The Bertz CT molecular complexity index is 975. The quantitative estimate of drug-likeness (QED) is 0.722. The molecule has 136 valence electrons. The Morgan fingerprint density at radius 1 is 1.27 bits per heavy atom. The normalized spacial score (nSPS) is 11.2. The van der Waals surface area contributed by atoms with Crippen LogP contribution in [0.1, 0.15) is 26.1 Å². The van der Waals surface area contributed by atoms with Gasteiger partial charge >= 0.3 is 5.69 Å². The van der Waals surface area contributed by atoms with Crippen molar-refractivity contribution in [1.29, 1.82) is 0 Å². The number of amides is 1. The molecule has 0 aliphatic heterocycles. The van der Waals surface area contributed by atoms with Crippen molar-refractivity contribution in [2.45, 2.75) is 33.7 Å². The minimum Gasteiger partial charge on any atom is -0.354 e. The average Bonchev–Trinajstić information content (AvgIpc) is 2.91. The van der Waals surface area contributed by atoms with Crippen molar-refractivity contribution >= 4 is 11.6 Å². The molecule has 0 aliphatic rings. The van der Waals surface area contributed by atoms with Crippen LogP contribution in [0.25, 0.3) is 17.0 Å². The van der Waals surface area contributed by atoms with E-state index in [2.05, 4.69) is 34.2 Å². The number of hydrogen-bond acceptors (Lipinski definition) is 5. The number of pyridine rings is 1. The molecule has 0 atom stereocenters. The van der Waals surface area contributed by atoms with Gasteiger partial charge in [0.05, 0.1) is 11.4 Å². The molecule has 0 aromatic carbocycles. The van der Waals surface area contributed by atoms with Gasteiger partial charge in [-0.15, -0.1) is 5.10 Å². The summed E-state index contributed by atoms with van der Waals surface area (Å²) in [7, 11) is 0. The van der Waals surface area contributed by atoms with Crippen LogP contribution in [-0.2, 0) is 11.3 Å². The smallest absolute Gasteiger partial charge is 0.352 e. The van der Waals surface area contributed by atoms with Crippen molar-refractivity contribution in [1.82, 2.24) is 29.5 Å². The van der Waals surface area contributed by atoms with Crippen molar-refractivity contribution in [3.8, 4) is 11.4 Å². The van der Waals surface area contributed by atoms with E-state index in [1.165, 1.54) is 4.40 Å². The predicted molar refractivity (Wildman–Crippen MR) is 97.7 cm³/mol. The zero-order chi connectivity index (χ0) is 18.7. The summed E-state index contributed by atoms with van der Waals surface area (Å²) in [4.78, 5) is 33.3. The summed E-state index contributed by atoms with van der Waals surface area (Å²) in [6, 6.07) is 7.24. The molecule has 0 radical (unpaired) electrons. The summed E-state index contributed by atoms with van der Waals surface area (Å²) in [5.74, 6) is 0.776. The number of nitrogens with zero attached hydrogens (tertiary/aromatic N) is 5. The van der Waals surface area contributed by atoms with Gasteiger partial charge < -0.3 is 5.32 Å². The third-order valence-electron chi connectivity index (χ3n) is 4.00. The van der Waals surface area contributed by atoms with Crippen LogP contribution in [0.5, 0.6) is 0 Å². The van der Waals surface area contributed by atoms with Gasteiger partial charge in [-0.3, -0.25) is 9.78 Å². The number of nitrogens with one attached hydrogen (secondary N) is 1. The minimum absolute atomic E-state index is 0.114. The number of carbonyl (C=O) groups is 1. The van der Waals surface area contributed by atoms with Crippen molar-refractivity contribution in [3.05, 3.63) is 46.8 Å². The van der Waals surface area contributed by atoms with E-state index in [1.807, 2.05) is 18.2 Å². The molecule has 1 amide bonds. The van der Waals surface area contributed by atoms with Gasteiger partial charge in [-0.05, 0) is 31.4 Å². The maximum Gasteiger partial charge on any atom is 0.352 e. The third-order valence-corrected chi connectivity index (χ3v) is 4.00. The molecule has 0 unspecified atom stereocenters. The molecule has 26 heavy (non-hydrogen) atoms. The summed E-state index contributed by atoms with van der Waals surface area (Å²) in [5.41, 5.74) is 1.40. The van der Waals surface area contributed by atoms with E-state index in [-0.39, 0.29) is 18.1 Å². The second-order valence-corrected chi connectivity index (χ2v) is 6.57. The maximum absolute atomic E-state index is 12.5. The van der Waals surface area contributed by atoms with E-state index in [0.29, 0.717) is 35.3 Å². The summed E-state index contributed by atoms with van der Waals surface area (Å²) >= 11 is 0. The Labute approximate surface area is 150 Å². The highest BCUT2D eigenvalue weighted by Crippen LogP contribution is 2.15. The van der Waals surface area contributed by atoms with Crippen LogP contribution in [0, 0.1) is 12.8 Å². The van der Waals surface area contributed by atoms with Gasteiger partial charge in [0, 0.05) is 18.8 Å². The first-order valence-corrected chi connectivity index (χ1v) is 8.61. The van der Waals surface area contributed by atoms with Crippen molar-refractivity contribution in [2.24, 2.45) is 5.92 Å². The molecule has 1 N–H and O–H groups in total. The lowest BCUT2D eigenvalue weighted by molar-refractivity contribution is -0.121. The first-order valence-electron chi connectivity index (χ1n) is 8.61. The zero-order valence-corrected chi connectivity index (χ0v) is 15.1. The van der Waals surface area contributed by atoms with E-state index >= 15 is 0 Å². The number of aryl methyl sites for hydroxylation is 1. The highest BCUT2D eigenvalue weighted by atomic mass is 16.2. The SMILES string of the molecule is Cc1nc(-c2ccccn2)cc2nn(CC(=O)NCCC(C)C)c(=O)n12. The van der Waals surface area contributed by atoms with Crippen LogP contribution in [-0.4, -0.2) is 36.6 Å². The molecule has 3 aromatic rings. The second kappa shape index (κ2) is 7.47. The topological polar surface area (TPSA) is 94.2 Å². The lowest BCUT2D eigenvalue weighted by Crippen LogP contribution is -2.33. The minimum atomic E-state index is -0.378. The van der Waals surface area contributed by atoms with Crippen LogP contribution in [0.15, 0.2) is 35.3 Å². The third kappa shape index (κ3) is 3.79. The van der Waals surface area contributed by atoms with E-state index in [0.717, 1.165) is 11.1 Å². The number of hydrogen-bond donors (Lipinski definition) is 1. The largest absolute Gasteiger partial charge is 0.354 e. The fraction of sp³-hybridized carbons (Fsp3) is 0.389. The van der Waals surface area contributed by atoms with Gasteiger partial charge in [0.1, 0.15) is 12.4 Å². The van der Waals surface area contributed by atoms with Crippen LogP contribution in [0.3, 0.4) is 0 Å². The van der Waals surface area contributed by atoms with Gasteiger partial charge in [0.15, 0.2) is 5.65 Å². The first kappa shape index (κ1) is 17.8. The Balaban J connectivity index is 1.87. The average molecular weight is 354 g/mol. The van der Waals surface area contributed by atoms with Crippen molar-refractivity contribution in [3.63, 3.8) is 0 Å². The van der Waals surface area contributed by atoms with Crippen LogP contribution >= 0.6 is 0 Å². The Morgan fingerprint density at radius 3 is 2.77 bits per heavy atom.